The fraction of sp³-hybridized carbons (Fsp3) is 0.655. The highest BCUT2D eigenvalue weighted by molar-refractivity contribution is 5.83. The third-order valence-corrected chi connectivity index (χ3v) is 9.26. The zero-order chi connectivity index (χ0) is 27.3. The molecule has 0 radical (unpaired) electrons. The van der Waals surface area contributed by atoms with Crippen LogP contribution in [0.5, 0.6) is 0 Å². The summed E-state index contributed by atoms with van der Waals surface area (Å²) in [6, 6.07) is 0. The SMILES string of the molecule is CC1=C[C@H]2O[C@@H]3[C@H](O)[C@H]4OC(=O)/C=C\C=C\[C@H]([C@H](C)O)OCC/C(C)=C/C(=O)OC[C@@]2(CC1)[C@]4(C)[C@]31CO1. The Hall–Kier alpha value is -2.30. The molecule has 0 amide bonds. The summed E-state index contributed by atoms with van der Waals surface area (Å²) in [4.78, 5) is 25.9. The van der Waals surface area contributed by atoms with Crippen LogP contribution < -0.4 is 0 Å². The molecule has 2 bridgehead atoms. The Balaban J connectivity index is 1.54. The minimum Gasteiger partial charge on any atom is -0.462 e. The summed E-state index contributed by atoms with van der Waals surface area (Å²) in [6.07, 6.45) is 6.92. The lowest BCUT2D eigenvalue weighted by Gasteiger charge is -2.58. The molecule has 3 heterocycles. The van der Waals surface area contributed by atoms with Crippen LogP contribution in [0.25, 0.3) is 0 Å². The van der Waals surface area contributed by atoms with Crippen molar-refractivity contribution in [1.82, 2.24) is 0 Å². The van der Waals surface area contributed by atoms with Gasteiger partial charge in [-0.1, -0.05) is 42.4 Å². The predicted molar refractivity (Wildman–Crippen MR) is 136 cm³/mol. The second kappa shape index (κ2) is 10.0. The van der Waals surface area contributed by atoms with Gasteiger partial charge in [0, 0.05) is 17.6 Å². The fourth-order valence-corrected chi connectivity index (χ4v) is 6.89. The molecule has 3 fully saturated rings. The van der Waals surface area contributed by atoms with Crippen LogP contribution in [0.4, 0.5) is 0 Å². The second-order valence-electron chi connectivity index (χ2n) is 11.5. The van der Waals surface area contributed by atoms with E-state index in [-0.39, 0.29) is 6.61 Å². The van der Waals surface area contributed by atoms with E-state index >= 15 is 0 Å². The fourth-order valence-electron chi connectivity index (χ4n) is 6.89. The first-order valence-corrected chi connectivity index (χ1v) is 13.4. The summed E-state index contributed by atoms with van der Waals surface area (Å²) in [6.45, 7) is 8.14. The second-order valence-corrected chi connectivity index (χ2v) is 11.5. The van der Waals surface area contributed by atoms with Crippen molar-refractivity contribution in [3.63, 3.8) is 0 Å². The highest BCUT2D eigenvalue weighted by Gasteiger charge is 2.85. The van der Waals surface area contributed by atoms with Crippen LogP contribution in [-0.2, 0) is 33.3 Å². The average Bonchev–Trinajstić information content (AvgIpc) is 3.64. The number of rotatable bonds is 1. The van der Waals surface area contributed by atoms with Crippen molar-refractivity contribution in [1.29, 1.82) is 0 Å². The van der Waals surface area contributed by atoms with Gasteiger partial charge in [0.25, 0.3) is 0 Å². The molecule has 0 aromatic rings. The van der Waals surface area contributed by atoms with E-state index in [0.717, 1.165) is 17.6 Å². The molecule has 2 aliphatic carbocycles. The van der Waals surface area contributed by atoms with Crippen molar-refractivity contribution in [3.8, 4) is 0 Å². The zero-order valence-corrected chi connectivity index (χ0v) is 22.4. The number of hydrogen-bond acceptors (Lipinski definition) is 9. The molecule has 9 nitrogen and oxygen atoms in total. The minimum absolute atomic E-state index is 0.0261. The maximum absolute atomic E-state index is 13.0. The van der Waals surface area contributed by atoms with Crippen molar-refractivity contribution in [3.05, 3.63) is 47.6 Å². The van der Waals surface area contributed by atoms with Gasteiger partial charge >= 0.3 is 11.9 Å². The molecule has 5 rings (SSSR count). The molecule has 208 valence electrons. The molecule has 1 saturated carbocycles. The minimum atomic E-state index is -1.11. The Morgan fingerprint density at radius 2 is 1.82 bits per heavy atom. The quantitative estimate of drug-likeness (QED) is 0.299. The molecule has 5 aliphatic rings. The maximum Gasteiger partial charge on any atom is 0.331 e. The van der Waals surface area contributed by atoms with Gasteiger partial charge in [-0.3, -0.25) is 0 Å². The first-order valence-electron chi connectivity index (χ1n) is 13.4. The number of allylic oxidation sites excluding steroid dienone is 3. The molecule has 38 heavy (non-hydrogen) atoms. The van der Waals surface area contributed by atoms with Gasteiger partial charge in [0.15, 0.2) is 0 Å². The third kappa shape index (κ3) is 4.29. The number of carbonyl (C=O) groups excluding carboxylic acids is 2. The molecular formula is C29H38O9. The number of carbonyl (C=O) groups is 2. The highest BCUT2D eigenvalue weighted by atomic mass is 16.7. The molecule has 2 spiro atoms. The van der Waals surface area contributed by atoms with Gasteiger partial charge in [-0.05, 0) is 40.0 Å². The molecule has 3 aliphatic heterocycles. The maximum atomic E-state index is 13.0. The number of esters is 2. The normalized spacial score (nSPS) is 47.3. The van der Waals surface area contributed by atoms with Gasteiger partial charge in [0.05, 0.1) is 30.8 Å². The Morgan fingerprint density at radius 1 is 1.05 bits per heavy atom. The van der Waals surface area contributed by atoms with Gasteiger partial charge in [-0.25, -0.2) is 9.59 Å². The summed E-state index contributed by atoms with van der Waals surface area (Å²) in [5.74, 6) is -1.11. The van der Waals surface area contributed by atoms with Crippen LogP contribution in [0, 0.1) is 10.8 Å². The average molecular weight is 531 g/mol. The standard InChI is InChI=1S/C29H38O9/c1-17-9-11-28-15-35-23(32)14-18(2)10-12-34-20(19(3)30)7-5-6-8-22(31)38-25-24(33)26(37-21(28)13-17)29(16-36-29)27(25,28)4/h5-8,13-14,19-21,24-26,30,33H,9-12,15-16H2,1-4H3/b7-5+,8-6-,18-14+/t19-,20+,21+,24+,25+,26+,27+,28+,29-/m0/s1. The van der Waals surface area contributed by atoms with Crippen LogP contribution in [0.2, 0.25) is 0 Å². The third-order valence-electron chi connectivity index (χ3n) is 9.26. The van der Waals surface area contributed by atoms with Crippen molar-refractivity contribution in [2.45, 2.75) is 89.2 Å². The summed E-state index contributed by atoms with van der Waals surface area (Å²) in [5.41, 5.74) is -0.543. The van der Waals surface area contributed by atoms with E-state index in [1.807, 2.05) is 26.8 Å². The monoisotopic (exact) mass is 530 g/mol. The Bertz CT molecular complexity index is 1080. The molecule has 9 heteroatoms. The van der Waals surface area contributed by atoms with E-state index in [1.54, 1.807) is 19.1 Å². The number of hydrogen-bond donors (Lipinski definition) is 2. The highest BCUT2D eigenvalue weighted by Crippen LogP contribution is 2.72. The Morgan fingerprint density at radius 3 is 2.53 bits per heavy atom. The number of ether oxygens (including phenoxy) is 5. The van der Waals surface area contributed by atoms with Crippen LogP contribution in [-0.4, -0.2) is 84.2 Å². The van der Waals surface area contributed by atoms with Crippen molar-refractivity contribution in [2.24, 2.45) is 10.8 Å². The van der Waals surface area contributed by atoms with E-state index in [9.17, 15) is 19.8 Å². The Kier molecular flexibility index (Phi) is 7.19. The lowest BCUT2D eigenvalue weighted by molar-refractivity contribution is -0.232. The van der Waals surface area contributed by atoms with Gasteiger partial charge in [0.2, 0.25) is 0 Å². The van der Waals surface area contributed by atoms with E-state index in [1.165, 1.54) is 18.2 Å². The van der Waals surface area contributed by atoms with E-state index in [4.69, 9.17) is 23.7 Å². The number of cyclic esters (lactones) is 1. The van der Waals surface area contributed by atoms with Crippen LogP contribution >= 0.6 is 0 Å². The van der Waals surface area contributed by atoms with Gasteiger partial charge in [-0.2, -0.15) is 0 Å². The Labute approximate surface area is 223 Å². The largest absolute Gasteiger partial charge is 0.462 e. The molecule has 0 unspecified atom stereocenters. The van der Waals surface area contributed by atoms with Crippen molar-refractivity contribution < 1.29 is 43.5 Å². The van der Waals surface area contributed by atoms with E-state index in [2.05, 4.69) is 0 Å². The van der Waals surface area contributed by atoms with E-state index in [0.29, 0.717) is 26.1 Å². The molecule has 9 atom stereocenters. The topological polar surface area (TPSA) is 124 Å². The summed E-state index contributed by atoms with van der Waals surface area (Å²) < 4.78 is 30.1. The van der Waals surface area contributed by atoms with Crippen LogP contribution in [0.3, 0.4) is 0 Å². The number of epoxide rings is 1. The van der Waals surface area contributed by atoms with Gasteiger partial charge in [-0.15, -0.1) is 0 Å². The van der Waals surface area contributed by atoms with Gasteiger partial charge < -0.3 is 33.9 Å². The summed E-state index contributed by atoms with van der Waals surface area (Å²) in [7, 11) is 0. The first-order chi connectivity index (χ1) is 18.0. The molecule has 2 saturated heterocycles. The molecule has 0 aromatic carbocycles. The zero-order valence-electron chi connectivity index (χ0n) is 22.4. The smallest absolute Gasteiger partial charge is 0.331 e. The lowest BCUT2D eigenvalue weighted by Crippen LogP contribution is -2.66. The number of aliphatic hydroxyl groups excluding tert-OH is 2. The summed E-state index contributed by atoms with van der Waals surface area (Å²) >= 11 is 0. The molecule has 0 aromatic heterocycles. The van der Waals surface area contributed by atoms with E-state index < -0.39 is 65.0 Å². The molecular weight excluding hydrogens is 492 g/mol. The number of aliphatic hydroxyl groups is 2. The van der Waals surface area contributed by atoms with Crippen LogP contribution in [0.15, 0.2) is 47.6 Å². The molecule has 2 N–H and O–H groups in total. The first kappa shape index (κ1) is 27.3. The van der Waals surface area contributed by atoms with Gasteiger partial charge in [0.1, 0.15) is 36.6 Å². The van der Waals surface area contributed by atoms with Crippen LogP contribution in [0.1, 0.15) is 47.0 Å². The lowest BCUT2D eigenvalue weighted by atomic mass is 9.51. The predicted octanol–water partition coefficient (Wildman–Crippen LogP) is 2.31. The van der Waals surface area contributed by atoms with Crippen molar-refractivity contribution >= 4 is 11.9 Å². The van der Waals surface area contributed by atoms with Crippen molar-refractivity contribution in [2.75, 3.05) is 19.8 Å². The summed E-state index contributed by atoms with van der Waals surface area (Å²) in [5, 5.41) is 21.5.